The highest BCUT2D eigenvalue weighted by atomic mass is 35.5. The van der Waals surface area contributed by atoms with Gasteiger partial charge in [0.05, 0.1) is 11.3 Å². The van der Waals surface area contributed by atoms with E-state index in [0.717, 1.165) is 13.1 Å². The highest BCUT2D eigenvalue weighted by Gasteiger charge is 2.32. The standard InChI is InChI=1S/C15H20ClN3O/c16-12-5-6-14(18-17)13(7-12)15(20)19(8-10-1-2-10)9-11-3-4-11/h5-7,10-11,18H,1-4,8-9,17H2. The summed E-state index contributed by atoms with van der Waals surface area (Å²) in [4.78, 5) is 14.8. The van der Waals surface area contributed by atoms with Gasteiger partial charge in [-0.25, -0.2) is 0 Å². The van der Waals surface area contributed by atoms with Crippen LogP contribution in [0.3, 0.4) is 0 Å². The molecule has 2 fully saturated rings. The smallest absolute Gasteiger partial charge is 0.256 e. The first-order valence-electron chi connectivity index (χ1n) is 7.23. The molecule has 0 aromatic heterocycles. The number of carbonyl (C=O) groups is 1. The molecule has 20 heavy (non-hydrogen) atoms. The lowest BCUT2D eigenvalue weighted by Crippen LogP contribution is -2.35. The van der Waals surface area contributed by atoms with E-state index in [2.05, 4.69) is 5.43 Å². The van der Waals surface area contributed by atoms with E-state index in [9.17, 15) is 4.79 Å². The number of nitrogen functional groups attached to an aromatic ring is 1. The third kappa shape index (κ3) is 3.25. The van der Waals surface area contributed by atoms with Gasteiger partial charge in [-0.3, -0.25) is 10.6 Å². The lowest BCUT2D eigenvalue weighted by atomic mass is 10.1. The minimum atomic E-state index is 0.0410. The Bertz CT molecular complexity index is 498. The molecule has 3 rings (SSSR count). The van der Waals surface area contributed by atoms with Gasteiger partial charge in [0.2, 0.25) is 0 Å². The van der Waals surface area contributed by atoms with E-state index in [0.29, 0.717) is 28.1 Å². The largest absolute Gasteiger partial charge is 0.338 e. The van der Waals surface area contributed by atoms with Crippen LogP contribution in [0.15, 0.2) is 18.2 Å². The fourth-order valence-electron chi connectivity index (χ4n) is 2.45. The second-order valence-electron chi connectivity index (χ2n) is 5.93. The molecule has 0 saturated heterocycles. The highest BCUT2D eigenvalue weighted by Crippen LogP contribution is 2.35. The Morgan fingerprint density at radius 2 is 1.85 bits per heavy atom. The molecule has 0 bridgehead atoms. The van der Waals surface area contributed by atoms with E-state index in [1.165, 1.54) is 25.7 Å². The lowest BCUT2D eigenvalue weighted by Gasteiger charge is -2.24. The maximum Gasteiger partial charge on any atom is 0.256 e. The van der Waals surface area contributed by atoms with Crippen LogP contribution in [0.4, 0.5) is 5.69 Å². The molecule has 2 aliphatic rings. The van der Waals surface area contributed by atoms with Crippen molar-refractivity contribution in [2.24, 2.45) is 17.7 Å². The first-order chi connectivity index (χ1) is 9.67. The van der Waals surface area contributed by atoms with Crippen LogP contribution in [-0.4, -0.2) is 23.9 Å². The van der Waals surface area contributed by atoms with Gasteiger partial charge in [-0.15, -0.1) is 0 Å². The summed E-state index contributed by atoms with van der Waals surface area (Å²) in [5.74, 6) is 6.92. The Kier molecular flexibility index (Phi) is 3.85. The molecule has 1 amide bonds. The van der Waals surface area contributed by atoms with Gasteiger partial charge in [-0.05, 0) is 55.7 Å². The Labute approximate surface area is 124 Å². The summed E-state index contributed by atoms with van der Waals surface area (Å²) in [6.45, 7) is 1.73. The molecule has 5 heteroatoms. The number of nitrogens with one attached hydrogen (secondary N) is 1. The minimum absolute atomic E-state index is 0.0410. The molecule has 4 nitrogen and oxygen atoms in total. The predicted molar refractivity (Wildman–Crippen MR) is 80.6 cm³/mol. The number of halogens is 1. The van der Waals surface area contributed by atoms with Crippen molar-refractivity contribution in [3.8, 4) is 0 Å². The van der Waals surface area contributed by atoms with Crippen molar-refractivity contribution in [2.75, 3.05) is 18.5 Å². The number of carbonyl (C=O) groups excluding carboxylic acids is 1. The number of hydrogen-bond acceptors (Lipinski definition) is 3. The van der Waals surface area contributed by atoms with E-state index >= 15 is 0 Å². The number of benzene rings is 1. The zero-order chi connectivity index (χ0) is 14.1. The van der Waals surface area contributed by atoms with E-state index in [1.807, 2.05) is 4.90 Å². The van der Waals surface area contributed by atoms with Crippen LogP contribution < -0.4 is 11.3 Å². The second kappa shape index (κ2) is 5.62. The Balaban J connectivity index is 1.81. The number of hydrogen-bond donors (Lipinski definition) is 2. The van der Waals surface area contributed by atoms with Crippen molar-refractivity contribution in [3.05, 3.63) is 28.8 Å². The third-order valence-corrected chi connectivity index (χ3v) is 4.24. The maximum absolute atomic E-state index is 12.8. The fourth-order valence-corrected chi connectivity index (χ4v) is 2.63. The van der Waals surface area contributed by atoms with Gasteiger partial charge in [0.15, 0.2) is 0 Å². The van der Waals surface area contributed by atoms with Crippen molar-refractivity contribution in [2.45, 2.75) is 25.7 Å². The van der Waals surface area contributed by atoms with Gasteiger partial charge >= 0.3 is 0 Å². The van der Waals surface area contributed by atoms with E-state index in [-0.39, 0.29) is 5.91 Å². The van der Waals surface area contributed by atoms with Crippen molar-refractivity contribution in [1.29, 1.82) is 0 Å². The van der Waals surface area contributed by atoms with Crippen molar-refractivity contribution >= 4 is 23.2 Å². The molecule has 108 valence electrons. The molecule has 2 aliphatic carbocycles. The van der Waals surface area contributed by atoms with Crippen LogP contribution in [0.25, 0.3) is 0 Å². The van der Waals surface area contributed by atoms with Crippen LogP contribution in [-0.2, 0) is 0 Å². The summed E-state index contributed by atoms with van der Waals surface area (Å²) in [7, 11) is 0. The number of nitrogens with two attached hydrogens (primary N) is 1. The minimum Gasteiger partial charge on any atom is -0.338 e. The van der Waals surface area contributed by atoms with Gasteiger partial charge in [-0.1, -0.05) is 11.6 Å². The quantitative estimate of drug-likeness (QED) is 0.626. The van der Waals surface area contributed by atoms with Crippen LogP contribution in [0.1, 0.15) is 36.0 Å². The molecular formula is C15H20ClN3O. The van der Waals surface area contributed by atoms with E-state index in [1.54, 1.807) is 18.2 Å². The molecule has 0 heterocycles. The van der Waals surface area contributed by atoms with Gasteiger partial charge in [0.1, 0.15) is 0 Å². The topological polar surface area (TPSA) is 58.4 Å². The molecule has 0 unspecified atom stereocenters. The SMILES string of the molecule is NNc1ccc(Cl)cc1C(=O)N(CC1CC1)CC1CC1. The van der Waals surface area contributed by atoms with Crippen LogP contribution in [0.5, 0.6) is 0 Å². The molecule has 0 atom stereocenters. The van der Waals surface area contributed by atoms with Gasteiger partial charge in [-0.2, -0.15) is 0 Å². The summed E-state index contributed by atoms with van der Waals surface area (Å²) in [6, 6.07) is 5.19. The molecule has 0 radical (unpaired) electrons. The number of anilines is 1. The molecule has 1 aromatic carbocycles. The molecule has 0 spiro atoms. The van der Waals surface area contributed by atoms with Gasteiger partial charge in [0, 0.05) is 18.1 Å². The number of nitrogens with zero attached hydrogens (tertiary/aromatic N) is 1. The normalized spacial score (nSPS) is 17.9. The van der Waals surface area contributed by atoms with Crippen LogP contribution >= 0.6 is 11.6 Å². The first-order valence-corrected chi connectivity index (χ1v) is 7.60. The Hall–Kier alpha value is -1.26. The molecule has 0 aliphatic heterocycles. The fraction of sp³-hybridized carbons (Fsp3) is 0.533. The summed E-state index contributed by atoms with van der Waals surface area (Å²) >= 11 is 6.02. The Morgan fingerprint density at radius 3 is 2.35 bits per heavy atom. The number of rotatable bonds is 6. The average Bonchev–Trinajstić information content (AvgIpc) is 3.32. The average molecular weight is 294 g/mol. The summed E-state index contributed by atoms with van der Waals surface area (Å²) < 4.78 is 0. The van der Waals surface area contributed by atoms with Crippen LogP contribution in [0.2, 0.25) is 5.02 Å². The molecule has 3 N–H and O–H groups in total. The zero-order valence-corrected chi connectivity index (χ0v) is 12.2. The van der Waals surface area contributed by atoms with Crippen LogP contribution in [0, 0.1) is 11.8 Å². The summed E-state index contributed by atoms with van der Waals surface area (Å²) in [5, 5.41) is 0.560. The molecule has 2 saturated carbocycles. The predicted octanol–water partition coefficient (Wildman–Crippen LogP) is 2.89. The highest BCUT2D eigenvalue weighted by molar-refractivity contribution is 6.31. The van der Waals surface area contributed by atoms with Crippen molar-refractivity contribution in [3.63, 3.8) is 0 Å². The lowest BCUT2D eigenvalue weighted by molar-refractivity contribution is 0.0740. The zero-order valence-electron chi connectivity index (χ0n) is 11.4. The Morgan fingerprint density at radius 1 is 1.25 bits per heavy atom. The first kappa shape index (κ1) is 13.7. The maximum atomic E-state index is 12.8. The van der Waals surface area contributed by atoms with Gasteiger partial charge in [0.25, 0.3) is 5.91 Å². The molecular weight excluding hydrogens is 274 g/mol. The number of hydrazine groups is 1. The monoisotopic (exact) mass is 293 g/mol. The summed E-state index contributed by atoms with van der Waals surface area (Å²) in [6.07, 6.45) is 4.97. The van der Waals surface area contributed by atoms with E-state index in [4.69, 9.17) is 17.4 Å². The summed E-state index contributed by atoms with van der Waals surface area (Å²) in [5.41, 5.74) is 3.80. The van der Waals surface area contributed by atoms with Crippen molar-refractivity contribution < 1.29 is 4.79 Å². The third-order valence-electron chi connectivity index (χ3n) is 4.01. The van der Waals surface area contributed by atoms with E-state index < -0.39 is 0 Å². The van der Waals surface area contributed by atoms with Gasteiger partial charge < -0.3 is 10.3 Å². The number of amides is 1. The second-order valence-corrected chi connectivity index (χ2v) is 6.37. The molecule has 1 aromatic rings. The van der Waals surface area contributed by atoms with Crippen molar-refractivity contribution in [1.82, 2.24) is 4.90 Å².